The number of ether oxygens (including phenoxy) is 1. The van der Waals surface area contributed by atoms with Gasteiger partial charge in [-0.3, -0.25) is 4.79 Å². The molecule has 0 unspecified atom stereocenters. The molecule has 4 heterocycles. The Balaban J connectivity index is 1.53. The number of anilines is 1. The van der Waals surface area contributed by atoms with E-state index in [1.54, 1.807) is 0 Å². The topological polar surface area (TPSA) is 92.7 Å². The van der Waals surface area contributed by atoms with Crippen LogP contribution >= 0.6 is 0 Å². The van der Waals surface area contributed by atoms with E-state index >= 15 is 0 Å². The van der Waals surface area contributed by atoms with Crippen LogP contribution < -0.4 is 4.90 Å². The van der Waals surface area contributed by atoms with Crippen LogP contribution in [0.25, 0.3) is 0 Å². The molecule has 1 aromatic rings. The number of nitrogens with zero attached hydrogens (tertiary/aromatic N) is 4. The van der Waals surface area contributed by atoms with Crippen molar-refractivity contribution in [3.05, 3.63) is 11.9 Å². The van der Waals surface area contributed by atoms with E-state index < -0.39 is 9.84 Å². The van der Waals surface area contributed by atoms with Crippen LogP contribution in [0.15, 0.2) is 11.1 Å². The molecule has 3 saturated heterocycles. The summed E-state index contributed by atoms with van der Waals surface area (Å²) < 4.78 is 30.4. The quantitative estimate of drug-likeness (QED) is 0.713. The van der Waals surface area contributed by atoms with E-state index in [1.807, 2.05) is 4.90 Å². The second-order valence-corrected chi connectivity index (χ2v) is 11.0. The Bertz CT molecular complexity index is 877. The van der Waals surface area contributed by atoms with E-state index in [0.29, 0.717) is 50.1 Å². The van der Waals surface area contributed by atoms with E-state index in [2.05, 4.69) is 16.8 Å². The lowest BCUT2D eigenvalue weighted by Gasteiger charge is -2.34. The zero-order valence-electron chi connectivity index (χ0n) is 17.9. The molecule has 166 valence electrons. The first-order valence-corrected chi connectivity index (χ1v) is 12.9. The smallest absolute Gasteiger partial charge is 0.251 e. The third-order valence-electron chi connectivity index (χ3n) is 6.51. The summed E-state index contributed by atoms with van der Waals surface area (Å²) in [6.07, 6.45) is 7.81. The van der Waals surface area contributed by atoms with Crippen LogP contribution in [-0.2, 0) is 19.4 Å². The molecule has 0 spiro atoms. The van der Waals surface area contributed by atoms with E-state index in [-0.39, 0.29) is 22.8 Å². The van der Waals surface area contributed by atoms with Crippen molar-refractivity contribution in [3.63, 3.8) is 0 Å². The molecule has 0 aromatic carbocycles. The second-order valence-electron chi connectivity index (χ2n) is 8.99. The Morgan fingerprint density at radius 2 is 1.90 bits per heavy atom. The predicted molar refractivity (Wildman–Crippen MR) is 113 cm³/mol. The first-order valence-electron chi connectivity index (χ1n) is 11.0. The lowest BCUT2D eigenvalue weighted by molar-refractivity contribution is -0.142. The number of hydrogen-bond acceptors (Lipinski definition) is 7. The fraction of sp³-hybridized carbons (Fsp3) is 0.762. The summed E-state index contributed by atoms with van der Waals surface area (Å²) in [6.45, 7) is 5.88. The average Bonchev–Trinajstić information content (AvgIpc) is 3.27. The minimum atomic E-state index is -3.43. The molecule has 2 atom stereocenters. The van der Waals surface area contributed by atoms with Gasteiger partial charge in [-0.1, -0.05) is 6.92 Å². The van der Waals surface area contributed by atoms with Gasteiger partial charge in [0.1, 0.15) is 11.0 Å². The Kier molecular flexibility index (Phi) is 6.29. The number of hydrogen-bond donors (Lipinski definition) is 0. The Labute approximate surface area is 178 Å². The van der Waals surface area contributed by atoms with Gasteiger partial charge in [0, 0.05) is 45.0 Å². The van der Waals surface area contributed by atoms with Gasteiger partial charge in [0.2, 0.25) is 5.95 Å². The van der Waals surface area contributed by atoms with Crippen LogP contribution in [0.2, 0.25) is 0 Å². The van der Waals surface area contributed by atoms with Gasteiger partial charge >= 0.3 is 0 Å². The number of carbonyl (C=O) groups excluding carboxylic acids is 1. The summed E-state index contributed by atoms with van der Waals surface area (Å²) in [7, 11) is -3.43. The van der Waals surface area contributed by atoms with Crippen molar-refractivity contribution in [2.24, 2.45) is 5.92 Å². The molecule has 0 radical (unpaired) electrons. The molecule has 9 heteroatoms. The van der Waals surface area contributed by atoms with E-state index in [9.17, 15) is 13.2 Å². The Morgan fingerprint density at radius 1 is 1.13 bits per heavy atom. The Morgan fingerprint density at radius 3 is 2.53 bits per heavy atom. The molecule has 0 N–H and O–H groups in total. The molecule has 0 aliphatic carbocycles. The highest BCUT2D eigenvalue weighted by Gasteiger charge is 2.33. The van der Waals surface area contributed by atoms with E-state index in [4.69, 9.17) is 9.72 Å². The van der Waals surface area contributed by atoms with Gasteiger partial charge in [0.15, 0.2) is 9.84 Å². The highest BCUT2D eigenvalue weighted by molar-refractivity contribution is 7.90. The molecule has 3 aliphatic heterocycles. The molecule has 3 fully saturated rings. The number of sulfone groups is 1. The summed E-state index contributed by atoms with van der Waals surface area (Å²) in [5, 5.41) is 0. The molecular formula is C21H32N4O4S. The maximum absolute atomic E-state index is 12.6. The molecule has 1 aromatic heterocycles. The summed E-state index contributed by atoms with van der Waals surface area (Å²) in [5.41, 5.74) is 0.616. The van der Waals surface area contributed by atoms with E-state index in [1.165, 1.54) is 18.9 Å². The first kappa shape index (κ1) is 21.5. The normalized spacial score (nSPS) is 26.2. The van der Waals surface area contributed by atoms with Crippen LogP contribution in [-0.4, -0.2) is 74.3 Å². The zero-order valence-corrected chi connectivity index (χ0v) is 18.7. The highest BCUT2D eigenvalue weighted by atomic mass is 32.2. The molecule has 1 amide bonds. The first-order chi connectivity index (χ1) is 14.3. The molecule has 8 nitrogen and oxygen atoms in total. The fourth-order valence-electron chi connectivity index (χ4n) is 4.83. The van der Waals surface area contributed by atoms with Crippen molar-refractivity contribution in [2.75, 3.05) is 43.9 Å². The van der Waals surface area contributed by atoms with Gasteiger partial charge in [-0.2, -0.15) is 0 Å². The summed E-state index contributed by atoms with van der Waals surface area (Å²) in [6, 6.07) is 0. The molecule has 0 saturated carbocycles. The molecule has 4 rings (SSSR count). The largest absolute Gasteiger partial charge is 0.368 e. The minimum Gasteiger partial charge on any atom is -0.368 e. The van der Waals surface area contributed by atoms with Crippen molar-refractivity contribution in [3.8, 4) is 0 Å². The SMILES string of the molecule is C[C@H]1CCCN(c2ncc(S(C)(=O)=O)c(C3CCN(C(=O)[C@H]4CCCO4)CC3)n2)C1. The summed E-state index contributed by atoms with van der Waals surface area (Å²) in [5.74, 6) is 1.28. The molecule has 3 aliphatic rings. The lowest BCUT2D eigenvalue weighted by Crippen LogP contribution is -2.43. The highest BCUT2D eigenvalue weighted by Crippen LogP contribution is 2.33. The van der Waals surface area contributed by atoms with Gasteiger partial charge in [0.25, 0.3) is 5.91 Å². The van der Waals surface area contributed by atoms with Crippen molar-refractivity contribution < 1.29 is 17.9 Å². The predicted octanol–water partition coefficient (Wildman–Crippen LogP) is 2.00. The minimum absolute atomic E-state index is 0.00670. The third kappa shape index (κ3) is 4.61. The van der Waals surface area contributed by atoms with Gasteiger partial charge < -0.3 is 14.5 Å². The van der Waals surface area contributed by atoms with Crippen molar-refractivity contribution in [1.82, 2.24) is 14.9 Å². The fourth-order valence-corrected chi connectivity index (χ4v) is 5.66. The maximum atomic E-state index is 12.6. The van der Waals surface area contributed by atoms with Gasteiger partial charge in [-0.25, -0.2) is 18.4 Å². The van der Waals surface area contributed by atoms with Crippen LogP contribution in [0.5, 0.6) is 0 Å². The zero-order chi connectivity index (χ0) is 21.3. The van der Waals surface area contributed by atoms with Crippen LogP contribution in [0.3, 0.4) is 0 Å². The maximum Gasteiger partial charge on any atom is 0.251 e. The summed E-state index contributed by atoms with van der Waals surface area (Å²) >= 11 is 0. The lowest BCUT2D eigenvalue weighted by atomic mass is 9.93. The second kappa shape index (κ2) is 8.78. The Hall–Kier alpha value is -1.74. The van der Waals surface area contributed by atoms with Gasteiger partial charge in [-0.15, -0.1) is 0 Å². The molecule has 30 heavy (non-hydrogen) atoms. The van der Waals surface area contributed by atoms with Crippen LogP contribution in [0.1, 0.15) is 57.1 Å². The number of aromatic nitrogens is 2. The number of rotatable bonds is 4. The van der Waals surface area contributed by atoms with Gasteiger partial charge in [-0.05, 0) is 44.4 Å². The number of amides is 1. The number of likely N-dealkylation sites (tertiary alicyclic amines) is 1. The van der Waals surface area contributed by atoms with Gasteiger partial charge in [0.05, 0.1) is 11.9 Å². The molecule has 0 bridgehead atoms. The van der Waals surface area contributed by atoms with E-state index in [0.717, 1.165) is 32.4 Å². The average molecular weight is 437 g/mol. The van der Waals surface area contributed by atoms with Crippen molar-refractivity contribution >= 4 is 21.7 Å². The third-order valence-corrected chi connectivity index (χ3v) is 7.62. The summed E-state index contributed by atoms with van der Waals surface area (Å²) in [4.78, 5) is 26.1. The van der Waals surface area contributed by atoms with Crippen molar-refractivity contribution in [2.45, 2.75) is 62.4 Å². The van der Waals surface area contributed by atoms with Crippen LogP contribution in [0.4, 0.5) is 5.95 Å². The number of carbonyl (C=O) groups is 1. The van der Waals surface area contributed by atoms with Crippen LogP contribution in [0, 0.1) is 5.92 Å². The molecular weight excluding hydrogens is 404 g/mol. The monoisotopic (exact) mass is 436 g/mol. The standard InChI is InChI=1S/C21H32N4O4S/c1-15-5-3-9-25(14-15)21-22-13-18(30(2,27)28)19(23-21)16-7-10-24(11-8-16)20(26)17-6-4-12-29-17/h13,15-17H,3-12,14H2,1-2H3/t15-,17+/m0/s1. The van der Waals surface area contributed by atoms with Crippen molar-refractivity contribution in [1.29, 1.82) is 0 Å². The number of piperidine rings is 2.